The highest BCUT2D eigenvalue weighted by atomic mass is 32.2. The van der Waals surface area contributed by atoms with E-state index < -0.39 is 0 Å². The van der Waals surface area contributed by atoms with E-state index in [4.69, 9.17) is 0 Å². The van der Waals surface area contributed by atoms with E-state index in [1.807, 2.05) is 22.4 Å². The van der Waals surface area contributed by atoms with Crippen LogP contribution in [0.15, 0.2) is 51.7 Å². The van der Waals surface area contributed by atoms with E-state index in [0.29, 0.717) is 15.4 Å². The quantitative estimate of drug-likeness (QED) is 0.526. The van der Waals surface area contributed by atoms with Crippen molar-refractivity contribution in [3.63, 3.8) is 0 Å². The number of benzene rings is 1. The van der Waals surface area contributed by atoms with E-state index in [1.165, 1.54) is 28.7 Å². The highest BCUT2D eigenvalue weighted by molar-refractivity contribution is 7.99. The number of amides is 1. The van der Waals surface area contributed by atoms with Crippen molar-refractivity contribution in [2.45, 2.75) is 11.7 Å². The van der Waals surface area contributed by atoms with Crippen LogP contribution >= 0.6 is 23.1 Å². The molecule has 1 aromatic carbocycles. The third kappa shape index (κ3) is 4.40. The minimum absolute atomic E-state index is 0.0902. The molecule has 0 aliphatic carbocycles. The summed E-state index contributed by atoms with van der Waals surface area (Å²) in [6, 6.07) is 12.2. The van der Waals surface area contributed by atoms with Gasteiger partial charge in [0.1, 0.15) is 4.70 Å². The Morgan fingerprint density at radius 1 is 1.15 bits per heavy atom. The molecule has 6 nitrogen and oxygen atoms in total. The van der Waals surface area contributed by atoms with Crippen molar-refractivity contribution >= 4 is 39.2 Å². The molecule has 140 valence electrons. The second kappa shape index (κ2) is 8.24. The number of nitrogens with one attached hydrogen (secondary N) is 1. The number of rotatable bonds is 5. The maximum atomic E-state index is 12.5. The fraction of sp³-hybridized carbons (Fsp3) is 0.316. The number of carbonyl (C=O) groups is 1. The highest BCUT2D eigenvalue weighted by Gasteiger charge is 2.21. The molecule has 3 heterocycles. The summed E-state index contributed by atoms with van der Waals surface area (Å²) in [5.74, 6) is 0.379. The Labute approximate surface area is 165 Å². The second-order valence-corrected chi connectivity index (χ2v) is 8.32. The molecule has 3 aromatic rings. The number of thiophene rings is 1. The van der Waals surface area contributed by atoms with Crippen LogP contribution in [-0.4, -0.2) is 57.6 Å². The summed E-state index contributed by atoms with van der Waals surface area (Å²) in [6.07, 6.45) is 0. The van der Waals surface area contributed by atoms with Crippen molar-refractivity contribution in [3.05, 3.63) is 57.7 Å². The lowest BCUT2D eigenvalue weighted by Crippen LogP contribution is -2.48. The first-order chi connectivity index (χ1) is 13.2. The summed E-state index contributed by atoms with van der Waals surface area (Å²) in [7, 11) is 0. The number of carbonyl (C=O) groups excluding carboxylic acids is 1. The van der Waals surface area contributed by atoms with Crippen LogP contribution in [0.3, 0.4) is 0 Å². The minimum atomic E-state index is -0.139. The third-order valence-electron chi connectivity index (χ3n) is 4.60. The zero-order valence-corrected chi connectivity index (χ0v) is 16.4. The first-order valence-corrected chi connectivity index (χ1v) is 10.7. The molecule has 1 aliphatic rings. The Kier molecular flexibility index (Phi) is 5.56. The Bertz CT molecular complexity index is 978. The molecule has 1 saturated heterocycles. The van der Waals surface area contributed by atoms with Crippen LogP contribution in [0.25, 0.3) is 10.2 Å². The Morgan fingerprint density at radius 3 is 2.70 bits per heavy atom. The third-order valence-corrected chi connectivity index (χ3v) is 6.36. The number of hydrogen-bond donors (Lipinski definition) is 1. The molecule has 1 aliphatic heterocycles. The van der Waals surface area contributed by atoms with Gasteiger partial charge in [0.05, 0.1) is 11.3 Å². The summed E-state index contributed by atoms with van der Waals surface area (Å²) in [4.78, 5) is 35.9. The van der Waals surface area contributed by atoms with Crippen molar-refractivity contribution in [1.82, 2.24) is 19.8 Å². The molecule has 2 aromatic heterocycles. The lowest BCUT2D eigenvalue weighted by molar-refractivity contribution is -0.130. The molecule has 1 amide bonds. The van der Waals surface area contributed by atoms with Crippen LogP contribution in [0.1, 0.15) is 5.56 Å². The average Bonchev–Trinajstić information content (AvgIpc) is 3.17. The van der Waals surface area contributed by atoms with Gasteiger partial charge in [0.15, 0.2) is 5.16 Å². The number of thioether (sulfide) groups is 1. The van der Waals surface area contributed by atoms with Gasteiger partial charge in [0, 0.05) is 32.7 Å². The molecule has 0 spiro atoms. The Balaban J connectivity index is 1.28. The fourth-order valence-electron chi connectivity index (χ4n) is 3.14. The minimum Gasteiger partial charge on any atom is -0.339 e. The standard InChI is InChI=1S/C19H20N4O2S2/c24-16(13-27-19-20-15-6-11-26-17(15)18(25)21-19)23-9-7-22(8-10-23)12-14-4-2-1-3-5-14/h1-6,11H,7-10,12-13H2,(H,20,21,25). The summed E-state index contributed by atoms with van der Waals surface area (Å²) in [5, 5.41) is 2.35. The topological polar surface area (TPSA) is 69.3 Å². The van der Waals surface area contributed by atoms with Crippen molar-refractivity contribution in [3.8, 4) is 0 Å². The van der Waals surface area contributed by atoms with Crippen molar-refractivity contribution in [1.29, 1.82) is 0 Å². The largest absolute Gasteiger partial charge is 0.339 e. The number of aromatic amines is 1. The van der Waals surface area contributed by atoms with Gasteiger partial charge in [0.25, 0.3) is 5.56 Å². The summed E-state index contributed by atoms with van der Waals surface area (Å²) < 4.78 is 0.625. The predicted molar refractivity (Wildman–Crippen MR) is 109 cm³/mol. The number of nitrogens with zero attached hydrogens (tertiary/aromatic N) is 3. The molecule has 1 fully saturated rings. The van der Waals surface area contributed by atoms with Crippen LogP contribution in [0.2, 0.25) is 0 Å². The van der Waals surface area contributed by atoms with Gasteiger partial charge in [-0.1, -0.05) is 42.1 Å². The summed E-state index contributed by atoms with van der Waals surface area (Å²) in [5.41, 5.74) is 1.85. The number of fused-ring (bicyclic) bond motifs is 1. The molecule has 1 N–H and O–H groups in total. The number of aromatic nitrogens is 2. The maximum absolute atomic E-state index is 12.5. The number of hydrogen-bond acceptors (Lipinski definition) is 6. The average molecular weight is 401 g/mol. The van der Waals surface area contributed by atoms with Gasteiger partial charge < -0.3 is 9.88 Å². The lowest BCUT2D eigenvalue weighted by atomic mass is 10.2. The van der Waals surface area contributed by atoms with Gasteiger partial charge in [-0.05, 0) is 17.0 Å². The molecule has 4 rings (SSSR count). The van der Waals surface area contributed by atoms with E-state index in [2.05, 4.69) is 39.1 Å². The molecule has 0 unspecified atom stereocenters. The van der Waals surface area contributed by atoms with Gasteiger partial charge in [-0.2, -0.15) is 0 Å². The monoisotopic (exact) mass is 400 g/mol. The molecule has 0 radical (unpaired) electrons. The molecule has 27 heavy (non-hydrogen) atoms. The van der Waals surface area contributed by atoms with E-state index in [0.717, 1.165) is 32.7 Å². The van der Waals surface area contributed by atoms with Gasteiger partial charge in [-0.25, -0.2) is 4.98 Å². The summed E-state index contributed by atoms with van der Waals surface area (Å²) in [6.45, 7) is 4.14. The first-order valence-electron chi connectivity index (χ1n) is 8.83. The van der Waals surface area contributed by atoms with Gasteiger partial charge in [-0.15, -0.1) is 11.3 Å². The van der Waals surface area contributed by atoms with Crippen LogP contribution in [0.5, 0.6) is 0 Å². The molecule has 0 atom stereocenters. The smallest absolute Gasteiger partial charge is 0.269 e. The normalized spacial score (nSPS) is 15.3. The fourth-order valence-corrected chi connectivity index (χ4v) is 4.63. The van der Waals surface area contributed by atoms with Crippen LogP contribution in [0.4, 0.5) is 0 Å². The molecular formula is C19H20N4O2S2. The Hall–Kier alpha value is -2.16. The summed E-state index contributed by atoms with van der Waals surface area (Å²) >= 11 is 2.67. The van der Waals surface area contributed by atoms with E-state index in [1.54, 1.807) is 0 Å². The predicted octanol–water partition coefficient (Wildman–Crippen LogP) is 2.42. The van der Waals surface area contributed by atoms with Crippen molar-refractivity contribution in [2.75, 3.05) is 31.9 Å². The van der Waals surface area contributed by atoms with Gasteiger partial charge in [0.2, 0.25) is 5.91 Å². The first kappa shape index (κ1) is 18.2. The molecular weight excluding hydrogens is 380 g/mol. The molecule has 0 saturated carbocycles. The lowest BCUT2D eigenvalue weighted by Gasteiger charge is -2.34. The SMILES string of the molecule is O=C(CSc1nc2ccsc2c(=O)[nH]1)N1CCN(Cc2ccccc2)CC1. The highest BCUT2D eigenvalue weighted by Crippen LogP contribution is 2.19. The van der Waals surface area contributed by atoms with Gasteiger partial charge >= 0.3 is 0 Å². The van der Waals surface area contributed by atoms with E-state index >= 15 is 0 Å². The van der Waals surface area contributed by atoms with Crippen LogP contribution in [-0.2, 0) is 11.3 Å². The number of piperazine rings is 1. The second-order valence-electron chi connectivity index (χ2n) is 6.44. The molecule has 8 heteroatoms. The van der Waals surface area contributed by atoms with Crippen LogP contribution < -0.4 is 5.56 Å². The van der Waals surface area contributed by atoms with Crippen molar-refractivity contribution < 1.29 is 4.79 Å². The number of H-pyrrole nitrogens is 1. The van der Waals surface area contributed by atoms with Gasteiger partial charge in [-0.3, -0.25) is 14.5 Å². The maximum Gasteiger partial charge on any atom is 0.269 e. The van der Waals surface area contributed by atoms with Crippen molar-refractivity contribution in [2.24, 2.45) is 0 Å². The van der Waals surface area contributed by atoms with Crippen LogP contribution in [0, 0.1) is 0 Å². The molecule has 0 bridgehead atoms. The Morgan fingerprint density at radius 2 is 1.93 bits per heavy atom. The van der Waals surface area contributed by atoms with E-state index in [-0.39, 0.29) is 17.2 Å². The van der Waals surface area contributed by atoms with E-state index in [9.17, 15) is 9.59 Å². The zero-order valence-electron chi connectivity index (χ0n) is 14.8. The zero-order chi connectivity index (χ0) is 18.6.